The van der Waals surface area contributed by atoms with Crippen molar-refractivity contribution in [2.45, 2.75) is 50.5 Å². The van der Waals surface area contributed by atoms with E-state index < -0.39 is 26.6 Å². The summed E-state index contributed by atoms with van der Waals surface area (Å²) in [5.74, 6) is 0.712. The Morgan fingerprint density at radius 2 is 1.31 bits per heavy atom. The molecule has 1 aliphatic carbocycles. The fourth-order valence-electron chi connectivity index (χ4n) is 7.25. The van der Waals surface area contributed by atoms with Crippen LogP contribution in [-0.2, 0) is 20.5 Å². The second-order valence-corrected chi connectivity index (χ2v) is 18.2. The maximum atomic E-state index is 13.8. The molecule has 0 spiro atoms. The van der Waals surface area contributed by atoms with Gasteiger partial charge in [-0.15, -0.1) is 6.58 Å². The number of hydrogen-bond donors (Lipinski definition) is 1. The van der Waals surface area contributed by atoms with E-state index in [9.17, 15) is 4.79 Å². The van der Waals surface area contributed by atoms with E-state index in [1.165, 1.54) is 11.1 Å². The van der Waals surface area contributed by atoms with Crippen LogP contribution in [0.2, 0.25) is 5.04 Å². The molecule has 0 fully saturated rings. The zero-order chi connectivity index (χ0) is 35.8. The van der Waals surface area contributed by atoms with Gasteiger partial charge in [0.15, 0.2) is 0 Å². The van der Waals surface area contributed by atoms with Gasteiger partial charge in [0, 0.05) is 5.92 Å². The number of hydrogen-bond acceptors (Lipinski definition) is 5. The predicted molar refractivity (Wildman–Crippen MR) is 207 cm³/mol. The zero-order valence-corrected chi connectivity index (χ0v) is 30.9. The minimum Gasteiger partial charge on any atom is -0.497 e. The van der Waals surface area contributed by atoms with Gasteiger partial charge in [0.05, 0.1) is 32.5 Å². The molecular weight excluding hydrogens is 651 g/mol. The molecule has 2 atom stereocenters. The molecule has 0 heterocycles. The number of methoxy groups -OCH3 is 1. The lowest BCUT2D eigenvalue weighted by atomic mass is 9.98. The summed E-state index contributed by atoms with van der Waals surface area (Å²) in [5.41, 5.74) is 5.64. The number of alkyl carbamates (subject to hydrolysis) is 1. The highest BCUT2D eigenvalue weighted by Crippen LogP contribution is 2.44. The third-order valence-corrected chi connectivity index (χ3v) is 14.8. The summed E-state index contributed by atoms with van der Waals surface area (Å²) in [7, 11) is -1.29. The number of ether oxygens (including phenoxy) is 3. The molecule has 6 nitrogen and oxygen atoms in total. The van der Waals surface area contributed by atoms with Crippen molar-refractivity contribution in [1.82, 2.24) is 5.32 Å². The molecule has 0 aliphatic heterocycles. The first kappa shape index (κ1) is 35.9. The number of fused-ring (bicyclic) bond motifs is 3. The summed E-state index contributed by atoms with van der Waals surface area (Å²) >= 11 is 0. The molecule has 6 rings (SSSR count). The van der Waals surface area contributed by atoms with E-state index in [0.717, 1.165) is 32.8 Å². The van der Waals surface area contributed by atoms with Crippen LogP contribution in [0.4, 0.5) is 4.79 Å². The van der Waals surface area contributed by atoms with Crippen LogP contribution >= 0.6 is 0 Å². The fraction of sp³-hybridized carbons (Fsp3) is 0.250. The molecule has 5 aromatic carbocycles. The van der Waals surface area contributed by atoms with Gasteiger partial charge < -0.3 is 24.0 Å². The van der Waals surface area contributed by atoms with Crippen molar-refractivity contribution in [3.05, 3.63) is 163 Å². The van der Waals surface area contributed by atoms with Gasteiger partial charge in [0.1, 0.15) is 12.4 Å². The van der Waals surface area contributed by atoms with Gasteiger partial charge in [-0.2, -0.15) is 0 Å². The largest absolute Gasteiger partial charge is 0.497 e. The van der Waals surface area contributed by atoms with Crippen molar-refractivity contribution in [2.75, 3.05) is 20.3 Å². The van der Waals surface area contributed by atoms with Crippen LogP contribution < -0.4 is 20.4 Å². The van der Waals surface area contributed by atoms with Gasteiger partial charge in [-0.1, -0.05) is 148 Å². The lowest BCUT2D eigenvalue weighted by Crippen LogP contribution is -2.67. The van der Waals surface area contributed by atoms with Crippen molar-refractivity contribution >= 4 is 24.8 Å². The summed E-state index contributed by atoms with van der Waals surface area (Å²) in [6.45, 7) is 11.5. The third kappa shape index (κ3) is 7.71. The molecule has 0 saturated carbocycles. The molecule has 0 unspecified atom stereocenters. The predicted octanol–water partition coefficient (Wildman–Crippen LogP) is 8.25. The molecule has 1 amide bonds. The third-order valence-electron chi connectivity index (χ3n) is 9.77. The normalized spacial score (nSPS) is 13.8. The van der Waals surface area contributed by atoms with Gasteiger partial charge in [-0.05, 0) is 55.4 Å². The van der Waals surface area contributed by atoms with Crippen molar-refractivity contribution < 1.29 is 23.4 Å². The van der Waals surface area contributed by atoms with E-state index >= 15 is 0 Å². The van der Waals surface area contributed by atoms with E-state index in [1.54, 1.807) is 13.2 Å². The average Bonchev–Trinajstić information content (AvgIpc) is 3.48. The lowest BCUT2D eigenvalue weighted by Gasteiger charge is -2.44. The second kappa shape index (κ2) is 15.9. The van der Waals surface area contributed by atoms with Crippen LogP contribution in [-0.4, -0.2) is 46.9 Å². The number of carbonyl (C=O) groups is 1. The van der Waals surface area contributed by atoms with Crippen LogP contribution in [0.15, 0.2) is 146 Å². The Balaban J connectivity index is 1.27. The van der Waals surface area contributed by atoms with Crippen molar-refractivity contribution in [3.8, 4) is 16.9 Å². The minimum atomic E-state index is -2.93. The molecule has 1 N–H and O–H groups in total. The Morgan fingerprint density at radius 1 is 0.784 bits per heavy atom. The van der Waals surface area contributed by atoms with Crippen molar-refractivity contribution in [1.29, 1.82) is 0 Å². The van der Waals surface area contributed by atoms with Gasteiger partial charge in [0.2, 0.25) is 0 Å². The number of carbonyl (C=O) groups excluding carboxylic acids is 1. The molecular formula is C44H47NO5Si. The minimum absolute atomic E-state index is 0.0588. The summed E-state index contributed by atoms with van der Waals surface area (Å²) in [4.78, 5) is 13.8. The molecule has 0 bridgehead atoms. The molecule has 262 valence electrons. The molecule has 7 heteroatoms. The SMILES string of the molecule is C=C[C@@H](OCc1ccc(OC)cc1)[C@H](CO[Si](c1ccccc1)(c1ccccc1)C(C)(C)C)NC(=O)OCC1c2ccccc2-c2ccccc21. The Bertz CT molecular complexity index is 1820. The first-order valence-corrected chi connectivity index (χ1v) is 19.4. The topological polar surface area (TPSA) is 66.0 Å². The van der Waals surface area contributed by atoms with Gasteiger partial charge in [-0.25, -0.2) is 4.79 Å². The highest BCUT2D eigenvalue weighted by Gasteiger charge is 2.50. The van der Waals surface area contributed by atoms with Gasteiger partial charge in [-0.3, -0.25) is 0 Å². The van der Waals surface area contributed by atoms with Crippen LogP contribution in [0.3, 0.4) is 0 Å². The monoisotopic (exact) mass is 697 g/mol. The molecule has 0 aromatic heterocycles. The van der Waals surface area contributed by atoms with Crippen molar-refractivity contribution in [2.24, 2.45) is 0 Å². The van der Waals surface area contributed by atoms with Crippen molar-refractivity contribution in [3.63, 3.8) is 0 Å². The van der Waals surface area contributed by atoms with Gasteiger partial charge >= 0.3 is 6.09 Å². The summed E-state index contributed by atoms with van der Waals surface area (Å²) < 4.78 is 25.1. The summed E-state index contributed by atoms with van der Waals surface area (Å²) in [6.07, 6.45) is 0.616. The number of benzene rings is 5. The highest BCUT2D eigenvalue weighted by atomic mass is 28.4. The Morgan fingerprint density at radius 3 is 1.82 bits per heavy atom. The number of rotatable bonds is 14. The van der Waals surface area contributed by atoms with Crippen LogP contribution in [0.25, 0.3) is 11.1 Å². The first-order chi connectivity index (χ1) is 24.7. The smallest absolute Gasteiger partial charge is 0.407 e. The molecule has 1 aliphatic rings. The Hall–Kier alpha value is -4.95. The molecule has 5 aromatic rings. The van der Waals surface area contributed by atoms with E-state index in [4.69, 9.17) is 18.6 Å². The van der Waals surface area contributed by atoms with Crippen LogP contribution in [0.5, 0.6) is 5.75 Å². The Kier molecular flexibility index (Phi) is 11.2. The van der Waals surface area contributed by atoms with Gasteiger partial charge in [0.25, 0.3) is 8.32 Å². The van der Waals surface area contributed by atoms with E-state index in [2.05, 4.69) is 105 Å². The van der Waals surface area contributed by atoms with Crippen LogP contribution in [0, 0.1) is 0 Å². The fourth-order valence-corrected chi connectivity index (χ4v) is 11.8. The van der Waals surface area contributed by atoms with E-state index in [-0.39, 0.29) is 24.2 Å². The van der Waals surface area contributed by atoms with E-state index in [1.807, 2.05) is 60.7 Å². The highest BCUT2D eigenvalue weighted by molar-refractivity contribution is 6.99. The molecule has 0 radical (unpaired) electrons. The summed E-state index contributed by atoms with van der Waals surface area (Å²) in [5, 5.41) is 5.19. The standard InChI is InChI=1S/C44H47NO5Si/c1-6-42(48-29-32-25-27-33(47-5)28-26-32)41(31-50-51(44(2,3)4,34-17-9-7-10-18-34)35-19-11-8-12-20-35)45-43(46)49-30-40-38-23-15-13-21-36(38)37-22-14-16-24-39(37)40/h6-28,40-42H,1,29-31H2,2-5H3,(H,45,46)/t41-,42+/m0/s1. The zero-order valence-electron chi connectivity index (χ0n) is 29.9. The number of amides is 1. The van der Waals surface area contributed by atoms with E-state index in [0.29, 0.717) is 6.61 Å². The van der Waals surface area contributed by atoms with Crippen LogP contribution in [0.1, 0.15) is 43.4 Å². The summed E-state index contributed by atoms with van der Waals surface area (Å²) in [6, 6.07) is 44.7. The lowest BCUT2D eigenvalue weighted by molar-refractivity contribution is 0.0296. The molecule has 0 saturated heterocycles. The second-order valence-electron chi connectivity index (χ2n) is 13.9. The first-order valence-electron chi connectivity index (χ1n) is 17.5. The molecule has 51 heavy (non-hydrogen) atoms. The maximum Gasteiger partial charge on any atom is 0.407 e. The maximum absolute atomic E-state index is 13.8. The average molecular weight is 698 g/mol. The number of nitrogens with one attached hydrogen (secondary N) is 1. The Labute approximate surface area is 303 Å². The quantitative estimate of drug-likeness (QED) is 0.0936.